The number of hydrogen-bond donors (Lipinski definition) is 2. The second-order valence-electron chi connectivity index (χ2n) is 7.60. The Balaban J connectivity index is 1.56. The summed E-state index contributed by atoms with van der Waals surface area (Å²) in [5, 5.41) is 6.39. The van der Waals surface area contributed by atoms with Crippen molar-refractivity contribution in [2.75, 3.05) is 25.0 Å². The Bertz CT molecular complexity index is 799. The molecule has 2 aromatic carbocycles. The molecule has 2 amide bonds. The SMILES string of the molecule is CCCCCNC(=O)C1CCN(C(=O)c2ccccc2Nc2ccccc2)CC1. The maximum atomic E-state index is 13.1. The van der Waals surface area contributed by atoms with Crippen molar-refractivity contribution in [1.82, 2.24) is 10.2 Å². The minimum absolute atomic E-state index is 0.0124. The van der Waals surface area contributed by atoms with Crippen LogP contribution in [0.1, 0.15) is 49.4 Å². The van der Waals surface area contributed by atoms with Crippen molar-refractivity contribution >= 4 is 23.2 Å². The van der Waals surface area contributed by atoms with Gasteiger partial charge in [0.2, 0.25) is 5.91 Å². The molecule has 0 aliphatic carbocycles. The quantitative estimate of drug-likeness (QED) is 0.645. The molecule has 1 aliphatic heterocycles. The van der Waals surface area contributed by atoms with E-state index >= 15 is 0 Å². The van der Waals surface area contributed by atoms with Crippen LogP contribution in [0, 0.1) is 5.92 Å². The molecule has 0 radical (unpaired) electrons. The molecule has 2 aromatic rings. The number of benzene rings is 2. The molecule has 1 fully saturated rings. The number of amides is 2. The van der Waals surface area contributed by atoms with Gasteiger partial charge >= 0.3 is 0 Å². The van der Waals surface area contributed by atoms with E-state index < -0.39 is 0 Å². The van der Waals surface area contributed by atoms with Gasteiger partial charge in [-0.05, 0) is 43.5 Å². The summed E-state index contributed by atoms with van der Waals surface area (Å²) < 4.78 is 0. The Morgan fingerprint density at radius 3 is 2.38 bits per heavy atom. The third kappa shape index (κ3) is 5.83. The van der Waals surface area contributed by atoms with E-state index in [4.69, 9.17) is 0 Å². The minimum atomic E-state index is 0.0124. The predicted octanol–water partition coefficient (Wildman–Crippen LogP) is 4.59. The summed E-state index contributed by atoms with van der Waals surface area (Å²) in [7, 11) is 0. The molecular weight excluding hydrogens is 362 g/mol. The summed E-state index contributed by atoms with van der Waals surface area (Å²) >= 11 is 0. The highest BCUT2D eigenvalue weighted by atomic mass is 16.2. The zero-order valence-electron chi connectivity index (χ0n) is 17.2. The highest BCUT2D eigenvalue weighted by Crippen LogP contribution is 2.25. The number of anilines is 2. The maximum Gasteiger partial charge on any atom is 0.255 e. The van der Waals surface area contributed by atoms with Gasteiger partial charge < -0.3 is 15.5 Å². The molecule has 0 saturated carbocycles. The van der Waals surface area contributed by atoms with Gasteiger partial charge in [0.25, 0.3) is 5.91 Å². The lowest BCUT2D eigenvalue weighted by atomic mass is 9.95. The Hall–Kier alpha value is -2.82. The van der Waals surface area contributed by atoms with Gasteiger partial charge in [-0.2, -0.15) is 0 Å². The van der Waals surface area contributed by atoms with Crippen LogP contribution >= 0.6 is 0 Å². The van der Waals surface area contributed by atoms with Crippen LogP contribution in [0.15, 0.2) is 54.6 Å². The smallest absolute Gasteiger partial charge is 0.255 e. The Kier molecular flexibility index (Phi) is 7.68. The largest absolute Gasteiger partial charge is 0.356 e. The second-order valence-corrected chi connectivity index (χ2v) is 7.60. The van der Waals surface area contributed by atoms with E-state index in [0.29, 0.717) is 18.7 Å². The number of rotatable bonds is 8. The van der Waals surface area contributed by atoms with Crippen molar-refractivity contribution in [1.29, 1.82) is 0 Å². The van der Waals surface area contributed by atoms with Gasteiger partial charge in [-0.25, -0.2) is 0 Å². The van der Waals surface area contributed by atoms with E-state index in [0.717, 1.165) is 50.0 Å². The number of nitrogens with zero attached hydrogens (tertiary/aromatic N) is 1. The molecule has 0 unspecified atom stereocenters. The van der Waals surface area contributed by atoms with Crippen LogP contribution in [0.3, 0.4) is 0 Å². The van der Waals surface area contributed by atoms with Crippen molar-refractivity contribution in [3.05, 3.63) is 60.2 Å². The Morgan fingerprint density at radius 2 is 1.66 bits per heavy atom. The van der Waals surface area contributed by atoms with Crippen molar-refractivity contribution in [3.8, 4) is 0 Å². The second kappa shape index (κ2) is 10.6. The molecule has 0 bridgehead atoms. The first-order chi connectivity index (χ1) is 14.2. The summed E-state index contributed by atoms with van der Waals surface area (Å²) in [6.45, 7) is 4.14. The van der Waals surface area contributed by atoms with Gasteiger partial charge in [0.15, 0.2) is 0 Å². The van der Waals surface area contributed by atoms with E-state index in [1.807, 2.05) is 59.5 Å². The normalized spacial score (nSPS) is 14.4. The molecule has 0 spiro atoms. The minimum Gasteiger partial charge on any atom is -0.356 e. The molecule has 0 aromatic heterocycles. The maximum absolute atomic E-state index is 13.1. The molecule has 1 saturated heterocycles. The van der Waals surface area contributed by atoms with Crippen LogP contribution in [-0.4, -0.2) is 36.3 Å². The summed E-state index contributed by atoms with van der Waals surface area (Å²) in [5.74, 6) is 0.170. The average molecular weight is 394 g/mol. The number of likely N-dealkylation sites (tertiary alicyclic amines) is 1. The van der Waals surface area contributed by atoms with Crippen LogP contribution in [0.5, 0.6) is 0 Å². The van der Waals surface area contributed by atoms with Crippen LogP contribution in [0.2, 0.25) is 0 Å². The number of nitrogens with one attached hydrogen (secondary N) is 2. The van der Waals surface area contributed by atoms with Crippen molar-refractivity contribution < 1.29 is 9.59 Å². The summed E-state index contributed by atoms with van der Waals surface area (Å²) in [6, 6.07) is 17.5. The average Bonchev–Trinajstić information content (AvgIpc) is 2.77. The molecular formula is C24H31N3O2. The van der Waals surface area contributed by atoms with Crippen LogP contribution in [0.4, 0.5) is 11.4 Å². The summed E-state index contributed by atoms with van der Waals surface area (Å²) in [5.41, 5.74) is 2.42. The van der Waals surface area contributed by atoms with Gasteiger partial charge in [0.1, 0.15) is 0 Å². The highest BCUT2D eigenvalue weighted by Gasteiger charge is 2.28. The van der Waals surface area contributed by atoms with Gasteiger partial charge in [-0.3, -0.25) is 9.59 Å². The van der Waals surface area contributed by atoms with E-state index in [2.05, 4.69) is 17.6 Å². The standard InChI is InChI=1S/C24H31N3O2/c1-2-3-9-16-25-23(28)19-14-17-27(18-15-19)24(29)21-12-7-8-13-22(21)26-20-10-5-4-6-11-20/h4-8,10-13,19,26H,2-3,9,14-18H2,1H3,(H,25,28). The van der Waals surface area contributed by atoms with Gasteiger partial charge in [-0.15, -0.1) is 0 Å². The lowest BCUT2D eigenvalue weighted by molar-refractivity contribution is -0.126. The zero-order chi connectivity index (χ0) is 20.5. The van der Waals surface area contributed by atoms with E-state index in [-0.39, 0.29) is 17.7 Å². The summed E-state index contributed by atoms with van der Waals surface area (Å²) in [4.78, 5) is 27.3. The molecule has 3 rings (SSSR count). The predicted molar refractivity (Wildman–Crippen MR) is 117 cm³/mol. The third-order valence-corrected chi connectivity index (χ3v) is 5.44. The van der Waals surface area contributed by atoms with E-state index in [1.54, 1.807) is 0 Å². The van der Waals surface area contributed by atoms with Gasteiger partial charge in [-0.1, -0.05) is 50.1 Å². The number of piperidine rings is 1. The topological polar surface area (TPSA) is 61.4 Å². The zero-order valence-corrected chi connectivity index (χ0v) is 17.2. The number of unbranched alkanes of at least 4 members (excludes halogenated alkanes) is 2. The molecule has 1 aliphatic rings. The highest BCUT2D eigenvalue weighted by molar-refractivity contribution is 6.00. The van der Waals surface area contributed by atoms with Crippen LogP contribution in [0.25, 0.3) is 0 Å². The summed E-state index contributed by atoms with van der Waals surface area (Å²) in [6.07, 6.45) is 4.77. The molecule has 1 heterocycles. The molecule has 29 heavy (non-hydrogen) atoms. The molecule has 154 valence electrons. The van der Waals surface area contributed by atoms with E-state index in [9.17, 15) is 9.59 Å². The molecule has 2 N–H and O–H groups in total. The van der Waals surface area contributed by atoms with Gasteiger partial charge in [0.05, 0.1) is 11.3 Å². The number of hydrogen-bond acceptors (Lipinski definition) is 3. The first kappa shape index (κ1) is 20.9. The fourth-order valence-electron chi connectivity index (χ4n) is 3.70. The Morgan fingerprint density at radius 1 is 0.966 bits per heavy atom. The van der Waals surface area contributed by atoms with Crippen molar-refractivity contribution in [2.24, 2.45) is 5.92 Å². The van der Waals surface area contributed by atoms with E-state index in [1.165, 1.54) is 0 Å². The first-order valence-corrected chi connectivity index (χ1v) is 10.7. The van der Waals surface area contributed by atoms with Crippen LogP contribution < -0.4 is 10.6 Å². The Labute approximate surface area is 173 Å². The monoisotopic (exact) mass is 393 g/mol. The number of carbonyl (C=O) groups excluding carboxylic acids is 2. The lowest BCUT2D eigenvalue weighted by Gasteiger charge is -2.32. The number of para-hydroxylation sites is 2. The molecule has 5 nitrogen and oxygen atoms in total. The fraction of sp³-hybridized carbons (Fsp3) is 0.417. The molecule has 5 heteroatoms. The van der Waals surface area contributed by atoms with Crippen LogP contribution in [-0.2, 0) is 4.79 Å². The number of carbonyl (C=O) groups is 2. The lowest BCUT2D eigenvalue weighted by Crippen LogP contribution is -2.43. The van der Waals surface area contributed by atoms with Crippen molar-refractivity contribution in [2.45, 2.75) is 39.0 Å². The molecule has 0 atom stereocenters. The van der Waals surface area contributed by atoms with Crippen molar-refractivity contribution in [3.63, 3.8) is 0 Å². The third-order valence-electron chi connectivity index (χ3n) is 5.44. The fourth-order valence-corrected chi connectivity index (χ4v) is 3.70. The van der Waals surface area contributed by atoms with Gasteiger partial charge in [0, 0.05) is 31.2 Å². The first-order valence-electron chi connectivity index (χ1n) is 10.7.